The highest BCUT2D eigenvalue weighted by atomic mass is 35.5. The van der Waals surface area contributed by atoms with Crippen LogP contribution in [0.3, 0.4) is 0 Å². The molecule has 0 radical (unpaired) electrons. The molecule has 2 unspecified atom stereocenters. The van der Waals surface area contributed by atoms with E-state index in [1.807, 2.05) is 0 Å². The summed E-state index contributed by atoms with van der Waals surface area (Å²) in [5.74, 6) is 0.354. The molecule has 0 spiro atoms. The van der Waals surface area contributed by atoms with Gasteiger partial charge in [0.15, 0.2) is 0 Å². The van der Waals surface area contributed by atoms with Crippen LogP contribution in [0.15, 0.2) is 23.1 Å². The van der Waals surface area contributed by atoms with E-state index in [0.29, 0.717) is 5.92 Å². The van der Waals surface area contributed by atoms with Crippen LogP contribution in [-0.4, -0.2) is 25.8 Å². The summed E-state index contributed by atoms with van der Waals surface area (Å²) in [6.45, 7) is 2.10. The van der Waals surface area contributed by atoms with E-state index in [4.69, 9.17) is 17.3 Å². The minimum absolute atomic E-state index is 0.0180. The lowest BCUT2D eigenvalue weighted by molar-refractivity contribution is 0.213. The Hall–Kier alpha value is -0.780. The highest BCUT2D eigenvalue weighted by Crippen LogP contribution is 2.34. The Morgan fingerprint density at radius 3 is 2.55 bits per heavy atom. The fourth-order valence-corrected chi connectivity index (χ4v) is 5.07. The minimum Gasteiger partial charge on any atom is -0.398 e. The number of nitrogens with zero attached hydrogens (tertiary/aromatic N) is 1. The largest absolute Gasteiger partial charge is 0.398 e. The van der Waals surface area contributed by atoms with E-state index in [1.54, 1.807) is 25.2 Å². The van der Waals surface area contributed by atoms with E-state index >= 15 is 0 Å². The summed E-state index contributed by atoms with van der Waals surface area (Å²) in [5, 5.41) is 0.181. The highest BCUT2D eigenvalue weighted by molar-refractivity contribution is 7.89. The Balaban J connectivity index is 2.39. The number of halogens is 1. The van der Waals surface area contributed by atoms with Gasteiger partial charge in [0.25, 0.3) is 0 Å². The van der Waals surface area contributed by atoms with E-state index < -0.39 is 10.0 Å². The zero-order chi connectivity index (χ0) is 14.9. The average molecular weight is 317 g/mol. The zero-order valence-electron chi connectivity index (χ0n) is 11.8. The molecule has 112 valence electrons. The van der Waals surface area contributed by atoms with Gasteiger partial charge in [0, 0.05) is 13.1 Å². The van der Waals surface area contributed by atoms with Gasteiger partial charge in [-0.1, -0.05) is 37.4 Å². The summed E-state index contributed by atoms with van der Waals surface area (Å²) in [6.07, 6.45) is 4.18. The number of anilines is 1. The SMILES string of the molecule is CC1CCCCC1N(C)S(=O)(=O)c1c(N)cccc1Cl. The van der Waals surface area contributed by atoms with Gasteiger partial charge < -0.3 is 5.73 Å². The van der Waals surface area contributed by atoms with E-state index in [0.717, 1.165) is 19.3 Å². The van der Waals surface area contributed by atoms with Crippen molar-refractivity contribution in [1.29, 1.82) is 0 Å². The molecule has 4 nitrogen and oxygen atoms in total. The van der Waals surface area contributed by atoms with Crippen LogP contribution in [0.4, 0.5) is 5.69 Å². The van der Waals surface area contributed by atoms with Crippen molar-refractivity contribution in [3.8, 4) is 0 Å². The topological polar surface area (TPSA) is 63.4 Å². The van der Waals surface area contributed by atoms with Gasteiger partial charge in [-0.15, -0.1) is 0 Å². The molecule has 0 heterocycles. The third-order valence-corrected chi connectivity index (χ3v) is 6.60. The standard InChI is InChI=1S/C14H21ClN2O2S/c1-10-6-3-4-9-13(10)17(2)20(18,19)14-11(15)7-5-8-12(14)16/h5,7-8,10,13H,3-4,6,9,16H2,1-2H3. The summed E-state index contributed by atoms with van der Waals surface area (Å²) in [5.41, 5.74) is 6.02. The Labute approximate surface area is 126 Å². The second kappa shape index (κ2) is 5.92. The zero-order valence-corrected chi connectivity index (χ0v) is 13.4. The van der Waals surface area contributed by atoms with Crippen molar-refractivity contribution in [2.75, 3.05) is 12.8 Å². The fourth-order valence-electron chi connectivity index (χ4n) is 2.96. The van der Waals surface area contributed by atoms with Crippen LogP contribution in [0.5, 0.6) is 0 Å². The molecule has 20 heavy (non-hydrogen) atoms. The van der Waals surface area contributed by atoms with E-state index in [9.17, 15) is 8.42 Å². The predicted octanol–water partition coefficient (Wildman–Crippen LogP) is 3.12. The van der Waals surface area contributed by atoms with Crippen LogP contribution in [-0.2, 0) is 10.0 Å². The third kappa shape index (κ3) is 2.80. The molecule has 1 aliphatic carbocycles. The van der Waals surface area contributed by atoms with Gasteiger partial charge in [0.2, 0.25) is 10.0 Å². The average Bonchev–Trinajstić information content (AvgIpc) is 2.38. The van der Waals surface area contributed by atoms with Crippen LogP contribution in [0.1, 0.15) is 32.6 Å². The monoisotopic (exact) mass is 316 g/mol. The van der Waals surface area contributed by atoms with Crippen molar-refractivity contribution in [2.45, 2.75) is 43.5 Å². The van der Waals surface area contributed by atoms with Gasteiger partial charge in [0.1, 0.15) is 4.90 Å². The van der Waals surface area contributed by atoms with E-state index in [-0.39, 0.29) is 21.6 Å². The number of nitrogen functional groups attached to an aromatic ring is 1. The molecule has 0 bridgehead atoms. The van der Waals surface area contributed by atoms with Crippen molar-refractivity contribution in [3.63, 3.8) is 0 Å². The predicted molar refractivity (Wildman–Crippen MR) is 82.2 cm³/mol. The molecule has 2 rings (SSSR count). The van der Waals surface area contributed by atoms with Crippen LogP contribution in [0, 0.1) is 5.92 Å². The van der Waals surface area contributed by atoms with Crippen molar-refractivity contribution < 1.29 is 8.42 Å². The van der Waals surface area contributed by atoms with Crippen LogP contribution in [0.2, 0.25) is 5.02 Å². The molecule has 1 aromatic carbocycles. The van der Waals surface area contributed by atoms with Gasteiger partial charge in [-0.2, -0.15) is 4.31 Å². The molecule has 0 aromatic heterocycles. The molecule has 6 heteroatoms. The Bertz CT molecular complexity index is 569. The maximum atomic E-state index is 12.8. The molecule has 1 aliphatic rings. The summed E-state index contributed by atoms with van der Waals surface area (Å²) >= 11 is 6.05. The molecule has 2 atom stereocenters. The van der Waals surface area contributed by atoms with Crippen molar-refractivity contribution >= 4 is 27.3 Å². The first-order chi connectivity index (χ1) is 9.35. The van der Waals surface area contributed by atoms with Crippen LogP contribution < -0.4 is 5.73 Å². The van der Waals surface area contributed by atoms with Gasteiger partial charge in [-0.05, 0) is 30.9 Å². The van der Waals surface area contributed by atoms with E-state index in [2.05, 4.69) is 6.92 Å². The van der Waals surface area contributed by atoms with Gasteiger partial charge >= 0.3 is 0 Å². The van der Waals surface area contributed by atoms with Gasteiger partial charge in [-0.25, -0.2) is 8.42 Å². The summed E-state index contributed by atoms with van der Waals surface area (Å²) in [6, 6.07) is 4.80. The number of benzene rings is 1. The van der Waals surface area contributed by atoms with Crippen molar-refractivity contribution in [3.05, 3.63) is 23.2 Å². The molecule has 1 saturated carbocycles. The molecule has 0 saturated heterocycles. The molecular weight excluding hydrogens is 296 g/mol. The maximum Gasteiger partial charge on any atom is 0.246 e. The minimum atomic E-state index is -3.66. The molecular formula is C14H21ClN2O2S. The van der Waals surface area contributed by atoms with Crippen molar-refractivity contribution in [1.82, 2.24) is 4.31 Å². The van der Waals surface area contributed by atoms with Crippen LogP contribution in [0.25, 0.3) is 0 Å². The van der Waals surface area contributed by atoms with Gasteiger partial charge in [0.05, 0.1) is 10.7 Å². The van der Waals surface area contributed by atoms with Crippen LogP contribution >= 0.6 is 11.6 Å². The number of hydrogen-bond acceptors (Lipinski definition) is 3. The fraction of sp³-hybridized carbons (Fsp3) is 0.571. The smallest absolute Gasteiger partial charge is 0.246 e. The normalized spacial score (nSPS) is 24.0. The molecule has 2 N–H and O–H groups in total. The summed E-state index contributed by atoms with van der Waals surface area (Å²) < 4.78 is 27.0. The number of sulfonamides is 1. The quantitative estimate of drug-likeness (QED) is 0.871. The first kappa shape index (κ1) is 15.6. The molecule has 1 aromatic rings. The van der Waals surface area contributed by atoms with Gasteiger partial charge in [-0.3, -0.25) is 0 Å². The summed E-state index contributed by atoms with van der Waals surface area (Å²) in [4.78, 5) is 0.0296. The molecule has 1 fully saturated rings. The molecule has 0 amide bonds. The lowest BCUT2D eigenvalue weighted by Crippen LogP contribution is -2.42. The first-order valence-electron chi connectivity index (χ1n) is 6.87. The number of rotatable bonds is 3. The highest BCUT2D eigenvalue weighted by Gasteiger charge is 2.35. The number of nitrogens with two attached hydrogens (primary N) is 1. The summed E-state index contributed by atoms with van der Waals surface area (Å²) in [7, 11) is -2.03. The second-order valence-corrected chi connectivity index (χ2v) is 7.85. The molecule has 0 aliphatic heterocycles. The second-order valence-electron chi connectivity index (χ2n) is 5.51. The first-order valence-corrected chi connectivity index (χ1v) is 8.69. The number of hydrogen-bond donors (Lipinski definition) is 1. The Morgan fingerprint density at radius 1 is 1.30 bits per heavy atom. The third-order valence-electron chi connectivity index (χ3n) is 4.17. The maximum absolute atomic E-state index is 12.8. The lowest BCUT2D eigenvalue weighted by atomic mass is 9.86. The Morgan fingerprint density at radius 2 is 1.95 bits per heavy atom. The lowest BCUT2D eigenvalue weighted by Gasteiger charge is -2.35. The van der Waals surface area contributed by atoms with E-state index in [1.165, 1.54) is 10.7 Å². The van der Waals surface area contributed by atoms with Crippen molar-refractivity contribution in [2.24, 2.45) is 5.92 Å². The Kier molecular flexibility index (Phi) is 4.62.